The summed E-state index contributed by atoms with van der Waals surface area (Å²) in [6, 6.07) is 0.943. The smallest absolute Gasteiger partial charge is 0.337 e. The number of aromatic carboxylic acids is 1. The maximum absolute atomic E-state index is 11.2. The Bertz CT molecular complexity index is 609. The summed E-state index contributed by atoms with van der Waals surface area (Å²) in [7, 11) is 0. The van der Waals surface area contributed by atoms with Crippen LogP contribution < -0.4 is 0 Å². The van der Waals surface area contributed by atoms with Gasteiger partial charge >= 0.3 is 11.9 Å². The topological polar surface area (TPSA) is 120 Å². The number of nitrogens with zero attached hydrogens (tertiary/aromatic N) is 2. The first-order valence-corrected chi connectivity index (χ1v) is 6.17. The van der Waals surface area contributed by atoms with Crippen LogP contribution in [0.25, 0.3) is 6.08 Å². The molecule has 8 nitrogen and oxygen atoms in total. The molecular formula is C13H14N2O6. The van der Waals surface area contributed by atoms with Crippen LogP contribution in [0.4, 0.5) is 5.69 Å². The highest BCUT2D eigenvalue weighted by atomic mass is 16.6. The number of carboxylic acids is 1. The Balaban J connectivity index is 3.33. The highest BCUT2D eigenvalue weighted by Gasteiger charge is 2.21. The first-order valence-electron chi connectivity index (χ1n) is 6.17. The maximum atomic E-state index is 11.2. The third-order valence-electron chi connectivity index (χ3n) is 2.54. The number of pyridine rings is 1. The van der Waals surface area contributed by atoms with E-state index in [1.807, 2.05) is 0 Å². The molecule has 0 bridgehead atoms. The Morgan fingerprint density at radius 3 is 2.62 bits per heavy atom. The van der Waals surface area contributed by atoms with Gasteiger partial charge in [-0.2, -0.15) is 0 Å². The molecule has 0 spiro atoms. The Morgan fingerprint density at radius 1 is 1.48 bits per heavy atom. The van der Waals surface area contributed by atoms with Gasteiger partial charge in [0.25, 0.3) is 5.69 Å². The van der Waals surface area contributed by atoms with Gasteiger partial charge in [0, 0.05) is 12.1 Å². The van der Waals surface area contributed by atoms with E-state index in [4.69, 9.17) is 5.11 Å². The number of nitro groups is 1. The molecule has 8 heteroatoms. The number of carboxylic acid groups (broad SMARTS) is 1. The largest absolute Gasteiger partial charge is 0.478 e. The van der Waals surface area contributed by atoms with Crippen LogP contribution >= 0.6 is 0 Å². The second-order valence-corrected chi connectivity index (χ2v) is 3.89. The van der Waals surface area contributed by atoms with Crippen molar-refractivity contribution in [2.24, 2.45) is 0 Å². The fraction of sp³-hybridized carbons (Fsp3) is 0.308. The van der Waals surface area contributed by atoms with Gasteiger partial charge in [-0.1, -0.05) is 6.92 Å². The second-order valence-electron chi connectivity index (χ2n) is 3.89. The maximum Gasteiger partial charge on any atom is 0.337 e. The standard InChI is InChI=1S/C13H14N2O6/c1-3-9-8(13(17)18)7-11(15(19)20)10(14-9)5-6-12(16)21-4-2/h5-7H,3-4H2,1-2H3,(H,17,18). The van der Waals surface area contributed by atoms with Crippen molar-refractivity contribution in [3.8, 4) is 0 Å². The number of hydrogen-bond donors (Lipinski definition) is 1. The highest BCUT2D eigenvalue weighted by molar-refractivity contribution is 5.91. The molecule has 0 aliphatic rings. The molecule has 0 radical (unpaired) electrons. The molecule has 21 heavy (non-hydrogen) atoms. The van der Waals surface area contributed by atoms with E-state index in [0.717, 1.165) is 18.2 Å². The second kappa shape index (κ2) is 7.13. The molecule has 0 aliphatic carbocycles. The van der Waals surface area contributed by atoms with Gasteiger partial charge in [0.2, 0.25) is 0 Å². The quantitative estimate of drug-likeness (QED) is 0.367. The number of aryl methyl sites for hydroxylation is 1. The summed E-state index contributed by atoms with van der Waals surface area (Å²) in [5.74, 6) is -1.95. The molecule has 1 aromatic heterocycles. The minimum absolute atomic E-state index is 0.0881. The first-order chi connectivity index (χ1) is 9.90. The zero-order valence-corrected chi connectivity index (χ0v) is 11.5. The monoisotopic (exact) mass is 294 g/mol. The third kappa shape index (κ3) is 4.10. The van der Waals surface area contributed by atoms with Gasteiger partial charge < -0.3 is 9.84 Å². The molecule has 1 heterocycles. The van der Waals surface area contributed by atoms with E-state index in [1.54, 1.807) is 13.8 Å². The molecule has 0 saturated carbocycles. The summed E-state index contributed by atoms with van der Waals surface area (Å²) in [5.41, 5.74) is -0.589. The molecular weight excluding hydrogens is 280 g/mol. The van der Waals surface area contributed by atoms with E-state index < -0.39 is 22.5 Å². The fourth-order valence-corrected chi connectivity index (χ4v) is 1.62. The van der Waals surface area contributed by atoms with Crippen molar-refractivity contribution < 1.29 is 24.4 Å². The zero-order valence-electron chi connectivity index (χ0n) is 11.5. The van der Waals surface area contributed by atoms with E-state index in [9.17, 15) is 19.7 Å². The van der Waals surface area contributed by atoms with E-state index in [-0.39, 0.29) is 23.6 Å². The number of aromatic nitrogens is 1. The SMILES string of the molecule is CCOC(=O)C=Cc1nc(CC)c(C(=O)O)cc1[N+](=O)[O-]. The molecule has 0 aliphatic heterocycles. The van der Waals surface area contributed by atoms with Gasteiger partial charge in [-0.3, -0.25) is 10.1 Å². The Labute approximate surface area is 120 Å². The van der Waals surface area contributed by atoms with Crippen molar-refractivity contribution in [3.05, 3.63) is 39.2 Å². The van der Waals surface area contributed by atoms with Crippen LogP contribution in [0.1, 0.15) is 35.6 Å². The summed E-state index contributed by atoms with van der Waals surface area (Å²) in [4.78, 5) is 36.5. The van der Waals surface area contributed by atoms with Crippen molar-refractivity contribution in [2.45, 2.75) is 20.3 Å². The van der Waals surface area contributed by atoms with Crippen LogP contribution in [-0.4, -0.2) is 33.6 Å². The van der Waals surface area contributed by atoms with Crippen LogP contribution in [0.2, 0.25) is 0 Å². The number of rotatable bonds is 6. The Morgan fingerprint density at radius 2 is 2.14 bits per heavy atom. The first kappa shape index (κ1) is 16.3. The minimum atomic E-state index is -1.29. The molecule has 112 valence electrons. The zero-order chi connectivity index (χ0) is 16.0. The van der Waals surface area contributed by atoms with E-state index in [2.05, 4.69) is 9.72 Å². The molecule has 0 amide bonds. The molecule has 0 fully saturated rings. The Hall–Kier alpha value is -2.77. The number of carbonyl (C=O) groups is 2. The summed E-state index contributed by atoms with van der Waals surface area (Å²) in [6.45, 7) is 3.49. The van der Waals surface area contributed by atoms with Crippen LogP contribution in [0.3, 0.4) is 0 Å². The fourth-order valence-electron chi connectivity index (χ4n) is 1.62. The number of hydrogen-bond acceptors (Lipinski definition) is 6. The van der Waals surface area contributed by atoms with Gasteiger partial charge in [-0.05, 0) is 19.4 Å². The molecule has 0 atom stereocenters. The Kier molecular flexibility index (Phi) is 5.53. The predicted octanol–water partition coefficient (Wildman–Crippen LogP) is 1.83. The lowest BCUT2D eigenvalue weighted by Gasteiger charge is -2.05. The van der Waals surface area contributed by atoms with E-state index >= 15 is 0 Å². The molecule has 1 aromatic rings. The van der Waals surface area contributed by atoms with Gasteiger partial charge in [0.05, 0.1) is 22.8 Å². The summed E-state index contributed by atoms with van der Waals surface area (Å²) >= 11 is 0. The summed E-state index contributed by atoms with van der Waals surface area (Å²) < 4.78 is 4.66. The average Bonchev–Trinajstić information content (AvgIpc) is 2.43. The molecule has 1 N–H and O–H groups in total. The van der Waals surface area contributed by atoms with Crippen molar-refractivity contribution in [2.75, 3.05) is 6.61 Å². The van der Waals surface area contributed by atoms with Crippen molar-refractivity contribution in [1.82, 2.24) is 4.98 Å². The van der Waals surface area contributed by atoms with Crippen LogP contribution in [-0.2, 0) is 16.0 Å². The molecule has 0 aromatic carbocycles. The molecule has 0 saturated heterocycles. The van der Waals surface area contributed by atoms with E-state index in [0.29, 0.717) is 6.42 Å². The summed E-state index contributed by atoms with van der Waals surface area (Å²) in [5, 5.41) is 20.0. The molecule has 0 unspecified atom stereocenters. The number of esters is 1. The lowest BCUT2D eigenvalue weighted by molar-refractivity contribution is -0.385. The van der Waals surface area contributed by atoms with Gasteiger partial charge in [0.15, 0.2) is 0 Å². The van der Waals surface area contributed by atoms with Gasteiger partial charge in [0.1, 0.15) is 5.69 Å². The third-order valence-corrected chi connectivity index (χ3v) is 2.54. The normalized spacial score (nSPS) is 10.6. The lowest BCUT2D eigenvalue weighted by Crippen LogP contribution is -2.08. The van der Waals surface area contributed by atoms with E-state index in [1.165, 1.54) is 0 Å². The van der Waals surface area contributed by atoms with Crippen LogP contribution in [0, 0.1) is 10.1 Å². The molecule has 1 rings (SSSR count). The predicted molar refractivity (Wildman–Crippen MR) is 72.9 cm³/mol. The van der Waals surface area contributed by atoms with Crippen molar-refractivity contribution in [3.63, 3.8) is 0 Å². The number of carbonyl (C=O) groups excluding carboxylic acids is 1. The van der Waals surface area contributed by atoms with Crippen LogP contribution in [0.15, 0.2) is 12.1 Å². The van der Waals surface area contributed by atoms with Gasteiger partial charge in [-0.25, -0.2) is 14.6 Å². The van der Waals surface area contributed by atoms with Crippen molar-refractivity contribution in [1.29, 1.82) is 0 Å². The highest BCUT2D eigenvalue weighted by Crippen LogP contribution is 2.22. The lowest BCUT2D eigenvalue weighted by atomic mass is 10.1. The van der Waals surface area contributed by atoms with Gasteiger partial charge in [-0.15, -0.1) is 0 Å². The summed E-state index contributed by atoms with van der Waals surface area (Å²) in [6.07, 6.45) is 2.44. The van der Waals surface area contributed by atoms with Crippen LogP contribution in [0.5, 0.6) is 0 Å². The van der Waals surface area contributed by atoms with Crippen molar-refractivity contribution >= 4 is 23.7 Å². The minimum Gasteiger partial charge on any atom is -0.478 e. The average molecular weight is 294 g/mol. The number of ether oxygens (including phenoxy) is 1.